The van der Waals surface area contributed by atoms with Crippen molar-refractivity contribution in [3.63, 3.8) is 0 Å². The molecule has 0 saturated carbocycles. The van der Waals surface area contributed by atoms with Crippen LogP contribution in [0.2, 0.25) is 0 Å². The van der Waals surface area contributed by atoms with Crippen molar-refractivity contribution in [2.75, 3.05) is 10.6 Å². The quantitative estimate of drug-likeness (QED) is 0.752. The number of anilines is 2. The zero-order valence-electron chi connectivity index (χ0n) is 14.3. The molecule has 0 spiro atoms. The number of aromatic nitrogens is 1. The third-order valence-electron chi connectivity index (χ3n) is 3.63. The number of carbonyl (C=O) groups is 2. The lowest BCUT2D eigenvalue weighted by Crippen LogP contribution is -2.17. The molecule has 2 aromatic carbocycles. The number of hydrogen-bond donors (Lipinski definition) is 2. The molecular weight excluding hydrogens is 318 g/mol. The number of rotatable bonds is 4. The molecular formula is C19H19N3O3. The fraction of sp³-hybridized carbons (Fsp3) is 0.211. The van der Waals surface area contributed by atoms with Gasteiger partial charge in [-0.1, -0.05) is 13.8 Å². The first-order valence-corrected chi connectivity index (χ1v) is 8.02. The summed E-state index contributed by atoms with van der Waals surface area (Å²) in [7, 11) is 0. The lowest BCUT2D eigenvalue weighted by Gasteiger charge is -2.06. The lowest BCUT2D eigenvalue weighted by atomic mass is 10.2. The molecule has 25 heavy (non-hydrogen) atoms. The van der Waals surface area contributed by atoms with Crippen LogP contribution in [0.3, 0.4) is 0 Å². The second-order valence-electron chi connectivity index (χ2n) is 6.10. The summed E-state index contributed by atoms with van der Waals surface area (Å²) in [6.07, 6.45) is 0. The first-order chi connectivity index (χ1) is 11.9. The summed E-state index contributed by atoms with van der Waals surface area (Å²) in [5.41, 5.74) is 3.52. The number of nitrogens with one attached hydrogen (secondary N) is 2. The largest absolute Gasteiger partial charge is 0.436 e. The minimum atomic E-state index is -0.120. The average molecular weight is 337 g/mol. The van der Waals surface area contributed by atoms with Crippen LogP contribution in [0.4, 0.5) is 11.4 Å². The Morgan fingerprint density at radius 1 is 1.00 bits per heavy atom. The Morgan fingerprint density at radius 2 is 1.68 bits per heavy atom. The Bertz CT molecular complexity index is 927. The van der Waals surface area contributed by atoms with E-state index in [1.807, 2.05) is 26.0 Å². The molecule has 0 aliphatic carbocycles. The van der Waals surface area contributed by atoms with Crippen molar-refractivity contribution in [2.24, 2.45) is 5.92 Å². The Morgan fingerprint density at radius 3 is 2.32 bits per heavy atom. The maximum atomic E-state index is 11.8. The Kier molecular flexibility index (Phi) is 4.52. The Hall–Kier alpha value is -3.15. The number of benzene rings is 2. The number of amides is 2. The summed E-state index contributed by atoms with van der Waals surface area (Å²) in [5, 5.41) is 5.56. The zero-order valence-corrected chi connectivity index (χ0v) is 14.3. The monoisotopic (exact) mass is 337 g/mol. The van der Waals surface area contributed by atoms with Crippen molar-refractivity contribution < 1.29 is 14.0 Å². The van der Waals surface area contributed by atoms with Crippen molar-refractivity contribution in [3.05, 3.63) is 42.5 Å². The van der Waals surface area contributed by atoms with Crippen molar-refractivity contribution in [1.82, 2.24) is 4.98 Å². The molecule has 2 amide bonds. The zero-order chi connectivity index (χ0) is 18.0. The van der Waals surface area contributed by atoms with E-state index in [2.05, 4.69) is 15.6 Å². The van der Waals surface area contributed by atoms with E-state index in [1.54, 1.807) is 30.3 Å². The molecule has 6 heteroatoms. The minimum absolute atomic E-state index is 0.0448. The summed E-state index contributed by atoms with van der Waals surface area (Å²) in [6, 6.07) is 12.6. The number of nitrogens with zero attached hydrogens (tertiary/aromatic N) is 1. The van der Waals surface area contributed by atoms with Gasteiger partial charge in [0.15, 0.2) is 5.58 Å². The molecule has 0 bridgehead atoms. The predicted octanol–water partition coefficient (Wildman–Crippen LogP) is 4.05. The van der Waals surface area contributed by atoms with Crippen LogP contribution in [0.5, 0.6) is 0 Å². The minimum Gasteiger partial charge on any atom is -0.436 e. The summed E-state index contributed by atoms with van der Waals surface area (Å²) in [4.78, 5) is 27.3. The van der Waals surface area contributed by atoms with Gasteiger partial charge >= 0.3 is 0 Å². The van der Waals surface area contributed by atoms with E-state index in [1.165, 1.54) is 6.92 Å². The van der Waals surface area contributed by atoms with Crippen LogP contribution in [-0.2, 0) is 9.59 Å². The molecule has 1 heterocycles. The second kappa shape index (κ2) is 6.76. The molecule has 0 aliphatic heterocycles. The van der Waals surface area contributed by atoms with Crippen LogP contribution in [0, 0.1) is 5.92 Å². The number of carbonyl (C=O) groups excluding carboxylic acids is 2. The molecule has 128 valence electrons. The van der Waals surface area contributed by atoms with Crippen LogP contribution in [0.15, 0.2) is 46.9 Å². The van der Waals surface area contributed by atoms with E-state index in [9.17, 15) is 9.59 Å². The van der Waals surface area contributed by atoms with Gasteiger partial charge in [-0.3, -0.25) is 9.59 Å². The normalized spacial score (nSPS) is 10.9. The number of fused-ring (bicyclic) bond motifs is 1. The molecule has 0 saturated heterocycles. The van der Waals surface area contributed by atoms with E-state index in [4.69, 9.17) is 4.42 Å². The molecule has 2 N–H and O–H groups in total. The topological polar surface area (TPSA) is 84.2 Å². The summed E-state index contributed by atoms with van der Waals surface area (Å²) < 4.78 is 5.77. The summed E-state index contributed by atoms with van der Waals surface area (Å²) in [5.74, 6) is 0.226. The smallest absolute Gasteiger partial charge is 0.227 e. The van der Waals surface area contributed by atoms with Gasteiger partial charge in [-0.2, -0.15) is 0 Å². The van der Waals surface area contributed by atoms with E-state index in [0.717, 1.165) is 5.56 Å². The number of oxazole rings is 1. The van der Waals surface area contributed by atoms with Gasteiger partial charge in [0.1, 0.15) is 5.52 Å². The highest BCUT2D eigenvalue weighted by Crippen LogP contribution is 2.27. The highest BCUT2D eigenvalue weighted by molar-refractivity contribution is 5.94. The van der Waals surface area contributed by atoms with Crippen molar-refractivity contribution in [1.29, 1.82) is 0 Å². The fourth-order valence-electron chi connectivity index (χ4n) is 2.31. The van der Waals surface area contributed by atoms with Crippen molar-refractivity contribution in [2.45, 2.75) is 20.8 Å². The van der Waals surface area contributed by atoms with Gasteiger partial charge in [0.2, 0.25) is 17.7 Å². The van der Waals surface area contributed by atoms with Crippen molar-refractivity contribution in [3.8, 4) is 11.5 Å². The van der Waals surface area contributed by atoms with Crippen LogP contribution in [0.1, 0.15) is 20.8 Å². The van der Waals surface area contributed by atoms with Gasteiger partial charge in [0.05, 0.1) is 0 Å². The SMILES string of the molecule is CC(=O)Nc1ccc(-c2nc3cc(NC(=O)C(C)C)ccc3o2)cc1. The highest BCUT2D eigenvalue weighted by atomic mass is 16.3. The molecule has 3 aromatic rings. The molecule has 1 aromatic heterocycles. The fourth-order valence-corrected chi connectivity index (χ4v) is 2.31. The average Bonchev–Trinajstić information content (AvgIpc) is 2.98. The third kappa shape index (κ3) is 3.85. The molecule has 0 unspecified atom stereocenters. The van der Waals surface area contributed by atoms with Gasteiger partial charge in [-0.05, 0) is 42.5 Å². The number of hydrogen-bond acceptors (Lipinski definition) is 4. The molecule has 3 rings (SSSR count). The predicted molar refractivity (Wildman–Crippen MR) is 97.2 cm³/mol. The van der Waals surface area contributed by atoms with Crippen LogP contribution >= 0.6 is 0 Å². The molecule has 0 aliphatic rings. The second-order valence-corrected chi connectivity index (χ2v) is 6.10. The highest BCUT2D eigenvalue weighted by Gasteiger charge is 2.11. The van der Waals surface area contributed by atoms with Crippen LogP contribution in [0.25, 0.3) is 22.6 Å². The lowest BCUT2D eigenvalue weighted by molar-refractivity contribution is -0.119. The van der Waals surface area contributed by atoms with Gasteiger partial charge in [-0.25, -0.2) is 4.98 Å². The maximum absolute atomic E-state index is 11.8. The Labute approximate surface area is 145 Å². The van der Waals surface area contributed by atoms with E-state index in [-0.39, 0.29) is 17.7 Å². The van der Waals surface area contributed by atoms with Gasteiger partial charge in [0, 0.05) is 29.8 Å². The first kappa shape index (κ1) is 16.7. The van der Waals surface area contributed by atoms with E-state index >= 15 is 0 Å². The van der Waals surface area contributed by atoms with Crippen molar-refractivity contribution >= 4 is 34.3 Å². The van der Waals surface area contributed by atoms with Gasteiger partial charge in [0.25, 0.3) is 0 Å². The molecule has 0 fully saturated rings. The van der Waals surface area contributed by atoms with Gasteiger partial charge in [-0.15, -0.1) is 0 Å². The third-order valence-corrected chi connectivity index (χ3v) is 3.63. The standard InChI is InChI=1S/C19H19N3O3/c1-11(2)18(24)21-15-8-9-17-16(10-15)22-19(25-17)13-4-6-14(7-5-13)20-12(3)23/h4-11H,1-3H3,(H,20,23)(H,21,24). The first-order valence-electron chi connectivity index (χ1n) is 8.02. The molecule has 6 nitrogen and oxygen atoms in total. The summed E-state index contributed by atoms with van der Waals surface area (Å²) in [6.45, 7) is 5.14. The Balaban J connectivity index is 1.85. The van der Waals surface area contributed by atoms with Crippen LogP contribution in [-0.4, -0.2) is 16.8 Å². The summed E-state index contributed by atoms with van der Waals surface area (Å²) >= 11 is 0. The maximum Gasteiger partial charge on any atom is 0.227 e. The molecule has 0 atom stereocenters. The molecule has 0 radical (unpaired) electrons. The van der Waals surface area contributed by atoms with E-state index in [0.29, 0.717) is 28.4 Å². The van der Waals surface area contributed by atoms with Crippen LogP contribution < -0.4 is 10.6 Å². The van der Waals surface area contributed by atoms with Gasteiger partial charge < -0.3 is 15.1 Å². The van der Waals surface area contributed by atoms with E-state index < -0.39 is 0 Å².